The van der Waals surface area contributed by atoms with E-state index in [9.17, 15) is 0 Å². The van der Waals surface area contributed by atoms with Crippen LogP contribution in [-0.2, 0) is 0 Å². The van der Waals surface area contributed by atoms with Crippen LogP contribution in [-0.4, -0.2) is 4.98 Å². The maximum atomic E-state index is 4.34. The van der Waals surface area contributed by atoms with Gasteiger partial charge in [-0.2, -0.15) is 0 Å². The zero-order valence-corrected chi connectivity index (χ0v) is 9.47. The van der Waals surface area contributed by atoms with Crippen LogP contribution in [0.15, 0.2) is 29.4 Å². The highest BCUT2D eigenvalue weighted by Crippen LogP contribution is 2.18. The molecule has 0 saturated heterocycles. The summed E-state index contributed by atoms with van der Waals surface area (Å²) in [5, 5.41) is 0. The molecule has 0 aliphatic rings. The van der Waals surface area contributed by atoms with E-state index >= 15 is 0 Å². The van der Waals surface area contributed by atoms with Crippen LogP contribution in [0.3, 0.4) is 0 Å². The molecule has 0 aromatic carbocycles. The van der Waals surface area contributed by atoms with Crippen molar-refractivity contribution in [2.24, 2.45) is 0 Å². The maximum Gasteiger partial charge on any atom is 0.106 e. The molecule has 2 heteroatoms. The van der Waals surface area contributed by atoms with Crippen molar-refractivity contribution in [1.82, 2.24) is 4.98 Å². The minimum atomic E-state index is 0.877. The first-order chi connectivity index (χ1) is 6.24. The van der Waals surface area contributed by atoms with Crippen LogP contribution in [0.1, 0.15) is 31.9 Å². The molecule has 0 N–H and O–H groups in total. The van der Waals surface area contributed by atoms with Gasteiger partial charge in [0.2, 0.25) is 0 Å². The number of hydrogen-bond donors (Lipinski definition) is 0. The van der Waals surface area contributed by atoms with Gasteiger partial charge in [0.25, 0.3) is 0 Å². The summed E-state index contributed by atoms with van der Waals surface area (Å²) < 4.78 is 0.877. The van der Waals surface area contributed by atoms with Crippen molar-refractivity contribution < 1.29 is 0 Å². The first-order valence-corrected chi connectivity index (χ1v) is 5.34. The number of rotatable bonds is 4. The first kappa shape index (κ1) is 10.5. The van der Waals surface area contributed by atoms with Crippen molar-refractivity contribution in [2.75, 3.05) is 0 Å². The zero-order chi connectivity index (χ0) is 9.68. The van der Waals surface area contributed by atoms with Crippen LogP contribution < -0.4 is 0 Å². The number of halogens is 1. The fourth-order valence-electron chi connectivity index (χ4n) is 1.12. The summed E-state index contributed by atoms with van der Waals surface area (Å²) in [5.74, 6) is 0. The van der Waals surface area contributed by atoms with Crippen LogP contribution in [0.5, 0.6) is 0 Å². The molecule has 0 aliphatic carbocycles. The Hall–Kier alpha value is -0.630. The third kappa shape index (κ3) is 3.31. The quantitative estimate of drug-likeness (QED) is 0.723. The lowest BCUT2D eigenvalue weighted by Gasteiger charge is -2.03. The normalized spacial score (nSPS) is 10.0. The number of nitrogens with zero attached hydrogens (tertiary/aromatic N) is 1. The van der Waals surface area contributed by atoms with Gasteiger partial charge < -0.3 is 0 Å². The van der Waals surface area contributed by atoms with Crippen LogP contribution in [0.2, 0.25) is 0 Å². The highest BCUT2D eigenvalue weighted by molar-refractivity contribution is 9.10. The number of pyridine rings is 1. The molecule has 0 unspecified atom stereocenters. The molecule has 1 heterocycles. The number of unbranched alkanes of at least 4 members (excludes halogenated alkanes) is 1. The lowest BCUT2D eigenvalue weighted by Crippen LogP contribution is -1.88. The van der Waals surface area contributed by atoms with Crippen molar-refractivity contribution in [2.45, 2.75) is 26.2 Å². The summed E-state index contributed by atoms with van der Waals surface area (Å²) in [6.07, 6.45) is 3.43. The van der Waals surface area contributed by atoms with E-state index in [2.05, 4.69) is 34.4 Å². The van der Waals surface area contributed by atoms with E-state index in [0.29, 0.717) is 0 Å². The average molecular weight is 240 g/mol. The van der Waals surface area contributed by atoms with Gasteiger partial charge >= 0.3 is 0 Å². The molecule has 1 aromatic rings. The van der Waals surface area contributed by atoms with E-state index < -0.39 is 0 Å². The molecule has 0 radical (unpaired) electrons. The van der Waals surface area contributed by atoms with Gasteiger partial charge in [-0.25, -0.2) is 4.98 Å². The summed E-state index contributed by atoms with van der Waals surface area (Å²) >= 11 is 3.35. The van der Waals surface area contributed by atoms with Gasteiger partial charge in [-0.05, 0) is 46.5 Å². The minimum absolute atomic E-state index is 0.877. The molecule has 1 aromatic heterocycles. The fourth-order valence-corrected chi connectivity index (χ4v) is 1.47. The van der Waals surface area contributed by atoms with Crippen LogP contribution in [0.4, 0.5) is 0 Å². The van der Waals surface area contributed by atoms with E-state index in [1.807, 2.05) is 18.2 Å². The Kier molecular flexibility index (Phi) is 4.16. The molecule has 0 atom stereocenters. The van der Waals surface area contributed by atoms with Crippen molar-refractivity contribution in [3.63, 3.8) is 0 Å². The molecular formula is C11H14BrN. The molecular weight excluding hydrogens is 226 g/mol. The highest BCUT2D eigenvalue weighted by atomic mass is 79.9. The highest BCUT2D eigenvalue weighted by Gasteiger charge is 1.99. The van der Waals surface area contributed by atoms with Crippen LogP contribution in [0, 0.1) is 0 Å². The molecule has 0 fully saturated rings. The monoisotopic (exact) mass is 239 g/mol. The molecule has 0 aliphatic heterocycles. The van der Waals surface area contributed by atoms with Gasteiger partial charge in [0.05, 0.1) is 5.69 Å². The standard InChI is InChI=1S/C11H14BrN/c1-3-4-6-9(2)10-7-5-8-11(12)13-10/h5,7-8H,2-4,6H2,1H3. The van der Waals surface area contributed by atoms with Gasteiger partial charge in [-0.1, -0.05) is 26.0 Å². The Labute approximate surface area is 88.0 Å². The van der Waals surface area contributed by atoms with Gasteiger partial charge in [-0.3, -0.25) is 0 Å². The summed E-state index contributed by atoms with van der Waals surface area (Å²) in [6.45, 7) is 6.20. The average Bonchev–Trinajstić information content (AvgIpc) is 2.14. The second-order valence-corrected chi connectivity index (χ2v) is 3.87. The van der Waals surface area contributed by atoms with Crippen molar-refractivity contribution >= 4 is 21.5 Å². The molecule has 13 heavy (non-hydrogen) atoms. The van der Waals surface area contributed by atoms with Crippen molar-refractivity contribution in [3.8, 4) is 0 Å². The predicted molar refractivity (Wildman–Crippen MR) is 60.5 cm³/mol. The third-order valence-corrected chi connectivity index (χ3v) is 2.35. The minimum Gasteiger partial charge on any atom is -0.241 e. The van der Waals surface area contributed by atoms with E-state index in [1.54, 1.807) is 0 Å². The number of allylic oxidation sites excluding steroid dienone is 1. The van der Waals surface area contributed by atoms with Gasteiger partial charge in [0.1, 0.15) is 4.60 Å². The molecule has 1 rings (SSSR count). The largest absolute Gasteiger partial charge is 0.241 e. The Balaban J connectivity index is 2.66. The smallest absolute Gasteiger partial charge is 0.106 e. The molecule has 0 amide bonds. The number of hydrogen-bond acceptors (Lipinski definition) is 1. The SMILES string of the molecule is C=C(CCCC)c1cccc(Br)n1. The maximum absolute atomic E-state index is 4.34. The van der Waals surface area contributed by atoms with Gasteiger partial charge in [-0.15, -0.1) is 0 Å². The molecule has 0 saturated carbocycles. The molecule has 70 valence electrons. The van der Waals surface area contributed by atoms with E-state index in [4.69, 9.17) is 0 Å². The second-order valence-electron chi connectivity index (χ2n) is 3.05. The van der Waals surface area contributed by atoms with E-state index in [0.717, 1.165) is 22.3 Å². The summed E-state index contributed by atoms with van der Waals surface area (Å²) in [4.78, 5) is 4.34. The fraction of sp³-hybridized carbons (Fsp3) is 0.364. The second kappa shape index (κ2) is 5.18. The lowest BCUT2D eigenvalue weighted by molar-refractivity contribution is 0.822. The lowest BCUT2D eigenvalue weighted by atomic mass is 10.1. The summed E-state index contributed by atoms with van der Waals surface area (Å²) in [7, 11) is 0. The van der Waals surface area contributed by atoms with Crippen molar-refractivity contribution in [1.29, 1.82) is 0 Å². The van der Waals surface area contributed by atoms with Gasteiger partial charge in [0.15, 0.2) is 0 Å². The Morgan fingerprint density at radius 1 is 1.54 bits per heavy atom. The molecule has 1 nitrogen and oxygen atoms in total. The van der Waals surface area contributed by atoms with E-state index in [-0.39, 0.29) is 0 Å². The predicted octanol–water partition coefficient (Wildman–Crippen LogP) is 4.05. The van der Waals surface area contributed by atoms with E-state index in [1.165, 1.54) is 12.8 Å². The Bertz CT molecular complexity index is 294. The van der Waals surface area contributed by atoms with Crippen LogP contribution in [0.25, 0.3) is 5.57 Å². The molecule has 0 bridgehead atoms. The Morgan fingerprint density at radius 3 is 2.92 bits per heavy atom. The molecule has 0 spiro atoms. The van der Waals surface area contributed by atoms with Crippen molar-refractivity contribution in [3.05, 3.63) is 35.1 Å². The third-order valence-electron chi connectivity index (χ3n) is 1.91. The summed E-state index contributed by atoms with van der Waals surface area (Å²) in [5.41, 5.74) is 2.13. The first-order valence-electron chi connectivity index (χ1n) is 4.54. The topological polar surface area (TPSA) is 12.9 Å². The summed E-state index contributed by atoms with van der Waals surface area (Å²) in [6, 6.07) is 5.92. The van der Waals surface area contributed by atoms with Gasteiger partial charge in [0, 0.05) is 0 Å². The number of aromatic nitrogens is 1. The Morgan fingerprint density at radius 2 is 2.31 bits per heavy atom. The van der Waals surface area contributed by atoms with Crippen LogP contribution >= 0.6 is 15.9 Å². The zero-order valence-electron chi connectivity index (χ0n) is 7.89.